The number of sulfonamides is 1. The lowest BCUT2D eigenvalue weighted by Gasteiger charge is -2.07. The van der Waals surface area contributed by atoms with Crippen LogP contribution in [0.4, 0.5) is 4.39 Å². The van der Waals surface area contributed by atoms with Crippen LogP contribution in [0, 0.1) is 5.82 Å². The molecule has 0 aliphatic rings. The number of hydrogen-bond donors (Lipinski definition) is 1. The predicted molar refractivity (Wildman–Crippen MR) is 98.5 cm³/mol. The van der Waals surface area contributed by atoms with E-state index in [0.29, 0.717) is 11.3 Å². The van der Waals surface area contributed by atoms with Crippen LogP contribution in [-0.4, -0.2) is 18.2 Å². The zero-order chi connectivity index (χ0) is 18.7. The Morgan fingerprint density at radius 3 is 2.35 bits per heavy atom. The van der Waals surface area contributed by atoms with Gasteiger partial charge in [-0.15, -0.1) is 0 Å². The Bertz CT molecular complexity index is 981. The smallest absolute Gasteiger partial charge is 0.244 e. The van der Waals surface area contributed by atoms with E-state index in [9.17, 15) is 12.8 Å². The molecule has 0 spiro atoms. The molecule has 3 aromatic rings. The van der Waals surface area contributed by atoms with Crippen LogP contribution in [0.1, 0.15) is 25.5 Å². The zero-order valence-corrected chi connectivity index (χ0v) is 15.4. The van der Waals surface area contributed by atoms with Crippen LogP contribution in [0.2, 0.25) is 0 Å². The molecule has 1 N–H and O–H groups in total. The molecule has 0 unspecified atom stereocenters. The van der Waals surface area contributed by atoms with E-state index >= 15 is 0 Å². The third kappa shape index (κ3) is 4.00. The van der Waals surface area contributed by atoms with Gasteiger partial charge < -0.3 is 0 Å². The minimum atomic E-state index is -3.79. The summed E-state index contributed by atoms with van der Waals surface area (Å²) in [5.41, 5.74) is 1.81. The highest BCUT2D eigenvalue weighted by Gasteiger charge is 2.24. The molecular weight excluding hydrogens is 353 g/mol. The number of rotatable bonds is 6. The maximum atomic E-state index is 13.0. The van der Waals surface area contributed by atoms with Crippen LogP contribution in [0.15, 0.2) is 65.7 Å². The van der Waals surface area contributed by atoms with Crippen molar-refractivity contribution in [2.75, 3.05) is 0 Å². The lowest BCUT2D eigenvalue weighted by atomic mass is 10.2. The van der Waals surface area contributed by atoms with E-state index in [1.54, 1.807) is 23.0 Å². The van der Waals surface area contributed by atoms with Crippen molar-refractivity contribution in [3.8, 4) is 11.3 Å². The average Bonchev–Trinajstić information content (AvgIpc) is 3.09. The van der Waals surface area contributed by atoms with Crippen LogP contribution in [-0.2, 0) is 16.6 Å². The Morgan fingerprint density at radius 1 is 1.08 bits per heavy atom. The van der Waals surface area contributed by atoms with Gasteiger partial charge in [0.05, 0.1) is 0 Å². The van der Waals surface area contributed by atoms with Crippen LogP contribution >= 0.6 is 0 Å². The van der Waals surface area contributed by atoms with Gasteiger partial charge in [0, 0.05) is 24.3 Å². The van der Waals surface area contributed by atoms with E-state index in [-0.39, 0.29) is 23.3 Å². The quantitative estimate of drug-likeness (QED) is 0.716. The van der Waals surface area contributed by atoms with Gasteiger partial charge in [-0.1, -0.05) is 42.5 Å². The molecule has 136 valence electrons. The number of hydrogen-bond acceptors (Lipinski definition) is 3. The molecule has 0 bridgehead atoms. The summed E-state index contributed by atoms with van der Waals surface area (Å²) in [6, 6.07) is 14.9. The summed E-state index contributed by atoms with van der Waals surface area (Å²) in [5.74, 6) is -0.360. The normalized spacial score (nSPS) is 11.8. The highest BCUT2D eigenvalue weighted by molar-refractivity contribution is 7.89. The minimum absolute atomic E-state index is 0.0264. The molecule has 26 heavy (non-hydrogen) atoms. The SMILES string of the molecule is CC(C)n1cc(S(=O)(=O)NCc2ccc(F)cc2)c(-c2ccccc2)n1. The van der Waals surface area contributed by atoms with Gasteiger partial charge in [0.15, 0.2) is 0 Å². The van der Waals surface area contributed by atoms with E-state index in [4.69, 9.17) is 0 Å². The third-order valence-corrected chi connectivity index (χ3v) is 5.35. The molecule has 0 atom stereocenters. The van der Waals surface area contributed by atoms with Crippen LogP contribution in [0.25, 0.3) is 11.3 Å². The highest BCUT2D eigenvalue weighted by Crippen LogP contribution is 2.27. The number of benzene rings is 2. The first kappa shape index (κ1) is 18.3. The second-order valence-electron chi connectivity index (χ2n) is 6.23. The van der Waals surface area contributed by atoms with Gasteiger partial charge in [-0.2, -0.15) is 5.10 Å². The lowest BCUT2D eigenvalue weighted by molar-refractivity contribution is 0.532. The predicted octanol–water partition coefficient (Wildman–Crippen LogP) is 3.75. The molecule has 0 aliphatic carbocycles. The fourth-order valence-electron chi connectivity index (χ4n) is 2.49. The van der Waals surface area contributed by atoms with E-state index in [0.717, 1.165) is 5.56 Å². The number of aromatic nitrogens is 2. The standard InChI is InChI=1S/C19H20FN3O2S/c1-14(2)23-13-18(19(22-23)16-6-4-3-5-7-16)26(24,25)21-12-15-8-10-17(20)11-9-15/h3-11,13-14,21H,12H2,1-2H3. The molecule has 7 heteroatoms. The molecule has 3 rings (SSSR count). The number of nitrogens with zero attached hydrogens (tertiary/aromatic N) is 2. The zero-order valence-electron chi connectivity index (χ0n) is 14.6. The molecule has 5 nitrogen and oxygen atoms in total. The van der Waals surface area contributed by atoms with Crippen LogP contribution < -0.4 is 4.72 Å². The summed E-state index contributed by atoms with van der Waals surface area (Å²) in [5, 5.41) is 4.46. The molecule has 0 saturated carbocycles. The summed E-state index contributed by atoms with van der Waals surface area (Å²) in [4.78, 5) is 0.125. The molecule has 0 amide bonds. The summed E-state index contributed by atoms with van der Waals surface area (Å²) < 4.78 is 42.9. The molecule has 0 aliphatic heterocycles. The van der Waals surface area contributed by atoms with Gasteiger partial charge in [0.25, 0.3) is 0 Å². The van der Waals surface area contributed by atoms with Gasteiger partial charge in [0.1, 0.15) is 16.4 Å². The van der Waals surface area contributed by atoms with E-state index in [1.165, 1.54) is 12.1 Å². The molecule has 1 aromatic heterocycles. The van der Waals surface area contributed by atoms with Crippen LogP contribution in [0.5, 0.6) is 0 Å². The second-order valence-corrected chi connectivity index (χ2v) is 7.97. The molecule has 0 radical (unpaired) electrons. The molecule has 0 fully saturated rings. The van der Waals surface area contributed by atoms with Gasteiger partial charge in [-0.25, -0.2) is 17.5 Å². The largest absolute Gasteiger partial charge is 0.268 e. The van der Waals surface area contributed by atoms with Crippen molar-refractivity contribution >= 4 is 10.0 Å². The van der Waals surface area contributed by atoms with Gasteiger partial charge in [-0.05, 0) is 31.5 Å². The first-order valence-electron chi connectivity index (χ1n) is 8.25. The van der Waals surface area contributed by atoms with Gasteiger partial charge in [-0.3, -0.25) is 4.68 Å². The Kier molecular flexibility index (Phi) is 5.20. The fraction of sp³-hybridized carbons (Fsp3) is 0.211. The number of nitrogens with one attached hydrogen (secondary N) is 1. The van der Waals surface area contributed by atoms with Gasteiger partial charge in [0.2, 0.25) is 10.0 Å². The Labute approximate surface area is 152 Å². The summed E-state index contributed by atoms with van der Waals surface area (Å²) in [6.07, 6.45) is 1.54. The number of halogens is 1. The molecular formula is C19H20FN3O2S. The summed E-state index contributed by atoms with van der Waals surface area (Å²) in [7, 11) is -3.79. The highest BCUT2D eigenvalue weighted by atomic mass is 32.2. The van der Waals surface area contributed by atoms with Gasteiger partial charge >= 0.3 is 0 Å². The van der Waals surface area contributed by atoms with Crippen molar-refractivity contribution in [1.29, 1.82) is 0 Å². The van der Waals surface area contributed by atoms with Crippen molar-refractivity contribution in [3.63, 3.8) is 0 Å². The van der Waals surface area contributed by atoms with Crippen molar-refractivity contribution in [2.45, 2.75) is 31.3 Å². The monoisotopic (exact) mass is 373 g/mol. The topological polar surface area (TPSA) is 64.0 Å². The summed E-state index contributed by atoms with van der Waals surface area (Å²) in [6.45, 7) is 3.94. The van der Waals surface area contributed by atoms with Crippen molar-refractivity contribution in [3.05, 3.63) is 72.2 Å². The van der Waals surface area contributed by atoms with Crippen LogP contribution in [0.3, 0.4) is 0 Å². The maximum absolute atomic E-state index is 13.0. The van der Waals surface area contributed by atoms with E-state index in [1.807, 2.05) is 44.2 Å². The first-order chi connectivity index (χ1) is 12.4. The molecule has 0 saturated heterocycles. The Hall–Kier alpha value is -2.51. The Morgan fingerprint density at radius 2 is 1.73 bits per heavy atom. The van der Waals surface area contributed by atoms with E-state index in [2.05, 4.69) is 9.82 Å². The fourth-order valence-corrected chi connectivity index (χ4v) is 3.66. The third-order valence-electron chi connectivity index (χ3n) is 3.94. The van der Waals surface area contributed by atoms with Crippen molar-refractivity contribution in [2.24, 2.45) is 0 Å². The average molecular weight is 373 g/mol. The molecule has 1 heterocycles. The lowest BCUT2D eigenvalue weighted by Crippen LogP contribution is -2.23. The van der Waals surface area contributed by atoms with Crippen molar-refractivity contribution < 1.29 is 12.8 Å². The second kappa shape index (κ2) is 7.39. The minimum Gasteiger partial charge on any atom is -0.268 e. The van der Waals surface area contributed by atoms with Crippen molar-refractivity contribution in [1.82, 2.24) is 14.5 Å². The molecule has 2 aromatic carbocycles. The summed E-state index contributed by atoms with van der Waals surface area (Å²) >= 11 is 0. The first-order valence-corrected chi connectivity index (χ1v) is 9.74. The van der Waals surface area contributed by atoms with E-state index < -0.39 is 10.0 Å². The Balaban J connectivity index is 1.94. The maximum Gasteiger partial charge on any atom is 0.244 e.